The molecule has 0 aromatic heterocycles. The molecule has 0 aliphatic carbocycles. The van der Waals surface area contributed by atoms with Crippen LogP contribution >= 0.6 is 15.9 Å². The van der Waals surface area contributed by atoms with Crippen LogP contribution in [0.5, 0.6) is 5.75 Å². The minimum absolute atomic E-state index is 0.384. The highest BCUT2D eigenvalue weighted by Crippen LogP contribution is 2.22. The maximum Gasteiger partial charge on any atom is 0.326 e. The molecule has 0 aliphatic rings. The van der Waals surface area contributed by atoms with Crippen LogP contribution in [0.4, 0.5) is 5.69 Å². The van der Waals surface area contributed by atoms with E-state index in [0.717, 1.165) is 4.47 Å². The fraction of sp³-hybridized carbons (Fsp3) is 0.125. The Kier molecular flexibility index (Phi) is 7.99. The maximum absolute atomic E-state index is 12.9. The largest absolute Gasteiger partial charge is 0.497 e. The van der Waals surface area contributed by atoms with Gasteiger partial charge in [-0.25, -0.2) is 0 Å². The first-order valence-corrected chi connectivity index (χ1v) is 10.5. The second-order valence-corrected chi connectivity index (χ2v) is 7.61. The number of anilines is 1. The van der Waals surface area contributed by atoms with Crippen molar-refractivity contribution in [3.8, 4) is 5.75 Å². The van der Waals surface area contributed by atoms with Crippen molar-refractivity contribution in [3.63, 3.8) is 0 Å². The number of benzene rings is 3. The lowest BCUT2D eigenvalue weighted by molar-refractivity contribution is -0.153. The number of esters is 1. The molecular weight excluding hydrogens is 476 g/mol. The number of nitrogens with one attached hydrogen (secondary N) is 2. The highest BCUT2D eigenvalue weighted by atomic mass is 79.9. The molecule has 2 N–H and O–H groups in total. The summed E-state index contributed by atoms with van der Waals surface area (Å²) in [4.78, 5) is 37.6. The molecule has 1 atom stereocenters. The van der Waals surface area contributed by atoms with Crippen LogP contribution in [-0.2, 0) is 14.3 Å². The first-order valence-electron chi connectivity index (χ1n) is 9.69. The van der Waals surface area contributed by atoms with Gasteiger partial charge < -0.3 is 20.1 Å². The van der Waals surface area contributed by atoms with Gasteiger partial charge in [-0.05, 0) is 36.4 Å². The maximum atomic E-state index is 12.9. The van der Waals surface area contributed by atoms with E-state index < -0.39 is 23.9 Å². The average Bonchev–Trinajstić information content (AvgIpc) is 2.82. The van der Waals surface area contributed by atoms with Crippen LogP contribution < -0.4 is 15.4 Å². The molecule has 7 nitrogen and oxygen atoms in total. The van der Waals surface area contributed by atoms with Crippen LogP contribution in [0.1, 0.15) is 22.0 Å². The molecule has 2 amide bonds. The highest BCUT2D eigenvalue weighted by molar-refractivity contribution is 9.10. The van der Waals surface area contributed by atoms with Crippen molar-refractivity contribution >= 4 is 39.4 Å². The van der Waals surface area contributed by atoms with Gasteiger partial charge in [0.1, 0.15) is 12.3 Å². The molecule has 0 radical (unpaired) electrons. The molecule has 0 fully saturated rings. The SMILES string of the molecule is COc1cccc(NC(=O)C(OC(=O)CNC(=O)c2ccc(Br)cc2)c2ccccc2)c1. The van der Waals surface area contributed by atoms with Crippen molar-refractivity contribution in [1.29, 1.82) is 0 Å². The standard InChI is InChI=1S/C24H21BrN2O5/c1-31-20-9-5-8-19(14-20)27-24(30)22(16-6-3-2-4-7-16)32-21(28)15-26-23(29)17-10-12-18(25)13-11-17/h2-14,22H,15H2,1H3,(H,26,29)(H,27,30). The summed E-state index contributed by atoms with van der Waals surface area (Å²) in [5.74, 6) is -1.12. The van der Waals surface area contributed by atoms with E-state index in [1.165, 1.54) is 7.11 Å². The fourth-order valence-corrected chi connectivity index (χ4v) is 3.10. The van der Waals surface area contributed by atoms with Crippen molar-refractivity contribution in [1.82, 2.24) is 5.32 Å². The Hall–Kier alpha value is -3.65. The molecule has 0 spiro atoms. The first-order chi connectivity index (χ1) is 15.5. The van der Waals surface area contributed by atoms with Crippen molar-refractivity contribution in [2.45, 2.75) is 6.10 Å². The van der Waals surface area contributed by atoms with E-state index in [1.54, 1.807) is 78.9 Å². The van der Waals surface area contributed by atoms with Gasteiger partial charge in [-0.15, -0.1) is 0 Å². The zero-order valence-corrected chi connectivity index (χ0v) is 18.8. The Morgan fingerprint density at radius 3 is 2.34 bits per heavy atom. The number of methoxy groups -OCH3 is 1. The van der Waals surface area contributed by atoms with E-state index in [0.29, 0.717) is 22.6 Å². The minimum Gasteiger partial charge on any atom is -0.497 e. The smallest absolute Gasteiger partial charge is 0.326 e. The molecule has 0 saturated heterocycles. The molecule has 3 aromatic carbocycles. The summed E-state index contributed by atoms with van der Waals surface area (Å²) in [6.45, 7) is -0.384. The van der Waals surface area contributed by atoms with Crippen LogP contribution in [0.25, 0.3) is 0 Å². The topological polar surface area (TPSA) is 93.7 Å². The van der Waals surface area contributed by atoms with Crippen molar-refractivity contribution < 1.29 is 23.9 Å². The lowest BCUT2D eigenvalue weighted by Crippen LogP contribution is -2.33. The Labute approximate surface area is 193 Å². The Morgan fingerprint density at radius 2 is 1.66 bits per heavy atom. The molecule has 0 aliphatic heterocycles. The molecule has 0 heterocycles. The monoisotopic (exact) mass is 496 g/mol. The van der Waals surface area contributed by atoms with Gasteiger partial charge in [0, 0.05) is 27.4 Å². The van der Waals surface area contributed by atoms with Crippen LogP contribution in [0, 0.1) is 0 Å². The average molecular weight is 497 g/mol. The van der Waals surface area contributed by atoms with E-state index in [4.69, 9.17) is 9.47 Å². The molecule has 164 valence electrons. The molecule has 8 heteroatoms. The lowest BCUT2D eigenvalue weighted by atomic mass is 10.1. The quantitative estimate of drug-likeness (QED) is 0.457. The van der Waals surface area contributed by atoms with E-state index in [1.807, 2.05) is 0 Å². The fourth-order valence-electron chi connectivity index (χ4n) is 2.84. The van der Waals surface area contributed by atoms with E-state index >= 15 is 0 Å². The molecule has 0 bridgehead atoms. The van der Waals surface area contributed by atoms with Crippen molar-refractivity contribution in [2.75, 3.05) is 19.0 Å². The Balaban J connectivity index is 1.67. The summed E-state index contributed by atoms with van der Waals surface area (Å²) in [6.07, 6.45) is -1.19. The zero-order valence-electron chi connectivity index (χ0n) is 17.2. The molecule has 0 saturated carbocycles. The van der Waals surface area contributed by atoms with Crippen LogP contribution in [0.15, 0.2) is 83.3 Å². The number of amides is 2. The number of carbonyl (C=O) groups excluding carboxylic acids is 3. The minimum atomic E-state index is -1.19. The number of carbonyl (C=O) groups is 3. The predicted molar refractivity (Wildman–Crippen MR) is 123 cm³/mol. The van der Waals surface area contributed by atoms with Gasteiger partial charge in [-0.2, -0.15) is 0 Å². The van der Waals surface area contributed by atoms with Gasteiger partial charge in [0.2, 0.25) is 6.10 Å². The number of hydrogen-bond acceptors (Lipinski definition) is 5. The summed E-state index contributed by atoms with van der Waals surface area (Å²) in [6, 6.07) is 22.2. The van der Waals surface area contributed by atoms with Crippen molar-refractivity contribution in [3.05, 3.63) is 94.5 Å². The summed E-state index contributed by atoms with van der Waals surface area (Å²) >= 11 is 3.30. The normalized spacial score (nSPS) is 11.2. The summed E-state index contributed by atoms with van der Waals surface area (Å²) in [7, 11) is 1.53. The zero-order chi connectivity index (χ0) is 22.9. The third-order valence-corrected chi connectivity index (χ3v) is 4.96. The van der Waals surface area contributed by atoms with Gasteiger partial charge >= 0.3 is 5.97 Å². The number of rotatable bonds is 8. The predicted octanol–water partition coefficient (Wildman–Crippen LogP) is 4.11. The van der Waals surface area contributed by atoms with E-state index in [-0.39, 0.29) is 6.54 Å². The summed E-state index contributed by atoms with van der Waals surface area (Å²) in [5.41, 5.74) is 1.40. The van der Waals surface area contributed by atoms with Gasteiger partial charge in [0.25, 0.3) is 11.8 Å². The molecule has 3 aromatic rings. The third kappa shape index (κ3) is 6.42. The van der Waals surface area contributed by atoms with Crippen molar-refractivity contribution in [2.24, 2.45) is 0 Å². The lowest BCUT2D eigenvalue weighted by Gasteiger charge is -2.18. The molecule has 32 heavy (non-hydrogen) atoms. The molecule has 1 unspecified atom stereocenters. The van der Waals surface area contributed by atoms with Gasteiger partial charge in [0.15, 0.2) is 0 Å². The number of halogens is 1. The van der Waals surface area contributed by atoms with E-state index in [9.17, 15) is 14.4 Å². The van der Waals surface area contributed by atoms with Gasteiger partial charge in [-0.3, -0.25) is 14.4 Å². The highest BCUT2D eigenvalue weighted by Gasteiger charge is 2.25. The number of ether oxygens (including phenoxy) is 2. The molecule has 3 rings (SSSR count). The summed E-state index contributed by atoms with van der Waals surface area (Å²) in [5, 5.41) is 5.23. The Bertz CT molecular complexity index is 1090. The van der Waals surface area contributed by atoms with Crippen LogP contribution in [-0.4, -0.2) is 31.4 Å². The molecular formula is C24H21BrN2O5. The van der Waals surface area contributed by atoms with Crippen LogP contribution in [0.3, 0.4) is 0 Å². The van der Waals surface area contributed by atoms with Gasteiger partial charge in [0.05, 0.1) is 7.11 Å². The third-order valence-electron chi connectivity index (χ3n) is 4.43. The Morgan fingerprint density at radius 1 is 0.938 bits per heavy atom. The first kappa shape index (κ1) is 23.0. The van der Waals surface area contributed by atoms with E-state index in [2.05, 4.69) is 26.6 Å². The second kappa shape index (κ2) is 11.1. The van der Waals surface area contributed by atoms with Crippen LogP contribution in [0.2, 0.25) is 0 Å². The summed E-state index contributed by atoms with van der Waals surface area (Å²) < 4.78 is 11.4. The number of hydrogen-bond donors (Lipinski definition) is 2. The second-order valence-electron chi connectivity index (χ2n) is 6.69. The van der Waals surface area contributed by atoms with Gasteiger partial charge in [-0.1, -0.05) is 52.3 Å².